The molecule has 19 heavy (non-hydrogen) atoms. The van der Waals surface area contributed by atoms with Gasteiger partial charge in [0.15, 0.2) is 0 Å². The Morgan fingerprint density at radius 1 is 1.21 bits per heavy atom. The molecule has 0 aliphatic heterocycles. The number of benzene rings is 2. The molecular weight excluding hydrogens is 308 g/mol. The Bertz CT molecular complexity index is 582. The van der Waals surface area contributed by atoms with Crippen molar-refractivity contribution >= 4 is 15.9 Å². The predicted molar refractivity (Wildman–Crippen MR) is 77.2 cm³/mol. The van der Waals surface area contributed by atoms with E-state index in [0.29, 0.717) is 12.4 Å². The van der Waals surface area contributed by atoms with E-state index < -0.39 is 0 Å². The van der Waals surface area contributed by atoms with E-state index in [2.05, 4.69) is 15.9 Å². The van der Waals surface area contributed by atoms with Crippen LogP contribution in [0.4, 0.5) is 0 Å². The Hall–Kier alpha value is -1.52. The summed E-state index contributed by atoms with van der Waals surface area (Å²) in [5.41, 5.74) is 2.58. The number of phenolic OH excluding ortho intramolecular Hbond substituents is 1. The van der Waals surface area contributed by atoms with Gasteiger partial charge in [0.25, 0.3) is 0 Å². The van der Waals surface area contributed by atoms with E-state index in [-0.39, 0.29) is 12.4 Å². The summed E-state index contributed by atoms with van der Waals surface area (Å²) in [6.45, 7) is 2.21. The fourth-order valence-electron chi connectivity index (χ4n) is 1.93. The van der Waals surface area contributed by atoms with Crippen LogP contribution in [0.1, 0.15) is 16.7 Å². The molecule has 100 valence electrons. The Balaban J connectivity index is 2.19. The third-order valence-corrected chi connectivity index (χ3v) is 3.24. The van der Waals surface area contributed by atoms with Gasteiger partial charge in [-0.05, 0) is 42.3 Å². The van der Waals surface area contributed by atoms with Gasteiger partial charge < -0.3 is 14.9 Å². The maximum atomic E-state index is 9.40. The molecule has 0 aliphatic rings. The summed E-state index contributed by atoms with van der Waals surface area (Å²) in [7, 11) is 0. The van der Waals surface area contributed by atoms with Crippen molar-refractivity contribution in [3.05, 3.63) is 57.6 Å². The number of aliphatic hydroxyl groups excluding tert-OH is 1. The minimum atomic E-state index is -0.0738. The first-order valence-corrected chi connectivity index (χ1v) is 6.70. The van der Waals surface area contributed by atoms with Crippen LogP contribution in [0.3, 0.4) is 0 Å². The van der Waals surface area contributed by atoms with E-state index in [1.165, 1.54) is 0 Å². The molecule has 0 amide bonds. The van der Waals surface area contributed by atoms with Gasteiger partial charge in [0, 0.05) is 10.0 Å². The van der Waals surface area contributed by atoms with E-state index in [1.54, 1.807) is 18.2 Å². The van der Waals surface area contributed by atoms with Crippen LogP contribution in [-0.2, 0) is 13.2 Å². The third-order valence-electron chi connectivity index (χ3n) is 2.78. The highest BCUT2D eigenvalue weighted by molar-refractivity contribution is 9.10. The quantitative estimate of drug-likeness (QED) is 0.905. The van der Waals surface area contributed by atoms with Gasteiger partial charge in [-0.1, -0.05) is 28.1 Å². The van der Waals surface area contributed by atoms with E-state index in [4.69, 9.17) is 4.74 Å². The van der Waals surface area contributed by atoms with Crippen LogP contribution in [0.2, 0.25) is 0 Å². The second-order valence-electron chi connectivity index (χ2n) is 4.33. The predicted octanol–water partition coefficient (Wildman–Crippen LogP) is 3.53. The van der Waals surface area contributed by atoms with Gasteiger partial charge in [-0.3, -0.25) is 0 Å². The molecule has 0 saturated heterocycles. The van der Waals surface area contributed by atoms with Crippen molar-refractivity contribution in [3.63, 3.8) is 0 Å². The molecule has 0 saturated carbocycles. The second kappa shape index (κ2) is 6.08. The van der Waals surface area contributed by atoms with Crippen molar-refractivity contribution < 1.29 is 14.9 Å². The lowest BCUT2D eigenvalue weighted by Crippen LogP contribution is -2.01. The maximum absolute atomic E-state index is 9.40. The Morgan fingerprint density at radius 3 is 2.68 bits per heavy atom. The summed E-state index contributed by atoms with van der Waals surface area (Å²) < 4.78 is 6.68. The Labute approximate surface area is 120 Å². The van der Waals surface area contributed by atoms with Crippen LogP contribution < -0.4 is 4.74 Å². The van der Waals surface area contributed by atoms with Gasteiger partial charge in [0.1, 0.15) is 18.1 Å². The number of halogens is 1. The first-order valence-electron chi connectivity index (χ1n) is 5.90. The summed E-state index contributed by atoms with van der Waals surface area (Å²) in [5, 5.41) is 18.8. The highest BCUT2D eigenvalue weighted by Crippen LogP contribution is 2.29. The normalized spacial score (nSPS) is 10.5. The highest BCUT2D eigenvalue weighted by atomic mass is 79.9. The van der Waals surface area contributed by atoms with E-state index in [1.807, 2.05) is 25.1 Å². The fraction of sp³-hybridized carbons (Fsp3) is 0.200. The molecule has 2 N–H and O–H groups in total. The number of ether oxygens (including phenoxy) is 1. The van der Waals surface area contributed by atoms with Crippen molar-refractivity contribution in [2.24, 2.45) is 0 Å². The largest absolute Gasteiger partial charge is 0.508 e. The molecule has 0 aliphatic carbocycles. The van der Waals surface area contributed by atoms with E-state index in [9.17, 15) is 10.2 Å². The molecule has 2 aromatic carbocycles. The average molecular weight is 323 g/mol. The van der Waals surface area contributed by atoms with Gasteiger partial charge >= 0.3 is 0 Å². The van der Waals surface area contributed by atoms with Crippen molar-refractivity contribution in [1.29, 1.82) is 0 Å². The first-order chi connectivity index (χ1) is 9.10. The van der Waals surface area contributed by atoms with Gasteiger partial charge in [-0.25, -0.2) is 0 Å². The first kappa shape index (κ1) is 13.9. The molecule has 0 spiro atoms. The van der Waals surface area contributed by atoms with Gasteiger partial charge in [0.05, 0.1) is 6.61 Å². The molecule has 0 unspecified atom stereocenters. The number of hydrogen-bond acceptors (Lipinski definition) is 3. The fourth-order valence-corrected chi connectivity index (χ4v) is 2.54. The molecule has 0 aromatic heterocycles. The van der Waals surface area contributed by atoms with E-state index >= 15 is 0 Å². The molecule has 2 aromatic rings. The lowest BCUT2D eigenvalue weighted by Gasteiger charge is -2.14. The third kappa shape index (κ3) is 3.49. The lowest BCUT2D eigenvalue weighted by atomic mass is 10.1. The van der Waals surface area contributed by atoms with E-state index in [0.717, 1.165) is 21.2 Å². The zero-order chi connectivity index (χ0) is 13.8. The molecule has 2 rings (SSSR count). The highest BCUT2D eigenvalue weighted by Gasteiger charge is 2.08. The maximum Gasteiger partial charge on any atom is 0.128 e. The van der Waals surface area contributed by atoms with Crippen LogP contribution in [0.25, 0.3) is 0 Å². The van der Waals surface area contributed by atoms with Crippen molar-refractivity contribution in [3.8, 4) is 11.5 Å². The van der Waals surface area contributed by atoms with Crippen LogP contribution in [0.5, 0.6) is 11.5 Å². The number of aryl methyl sites for hydroxylation is 1. The number of hydrogen-bond donors (Lipinski definition) is 2. The number of aromatic hydroxyl groups is 1. The van der Waals surface area contributed by atoms with Crippen molar-refractivity contribution in [2.75, 3.05) is 0 Å². The zero-order valence-corrected chi connectivity index (χ0v) is 12.1. The van der Waals surface area contributed by atoms with Crippen LogP contribution in [0, 0.1) is 6.92 Å². The molecule has 0 atom stereocenters. The molecule has 0 bridgehead atoms. The molecule has 4 heteroatoms. The van der Waals surface area contributed by atoms with Crippen LogP contribution in [-0.4, -0.2) is 10.2 Å². The summed E-state index contributed by atoms with van der Waals surface area (Å²) in [6, 6.07) is 10.7. The number of aliphatic hydroxyl groups is 1. The van der Waals surface area contributed by atoms with Crippen LogP contribution in [0.15, 0.2) is 40.9 Å². The van der Waals surface area contributed by atoms with Gasteiger partial charge in [0.2, 0.25) is 0 Å². The minimum Gasteiger partial charge on any atom is -0.508 e. The molecule has 0 fully saturated rings. The minimum absolute atomic E-state index is 0.0738. The molecule has 0 heterocycles. The van der Waals surface area contributed by atoms with Gasteiger partial charge in [-0.2, -0.15) is 0 Å². The Morgan fingerprint density at radius 2 is 2.00 bits per heavy atom. The lowest BCUT2D eigenvalue weighted by molar-refractivity contribution is 0.257. The van der Waals surface area contributed by atoms with Gasteiger partial charge in [-0.15, -0.1) is 0 Å². The van der Waals surface area contributed by atoms with Crippen LogP contribution >= 0.6 is 15.9 Å². The smallest absolute Gasteiger partial charge is 0.128 e. The summed E-state index contributed by atoms with van der Waals surface area (Å²) in [4.78, 5) is 0. The summed E-state index contributed by atoms with van der Waals surface area (Å²) in [5.74, 6) is 0.907. The SMILES string of the molecule is Cc1cc(Br)cc(CO)c1OCc1cccc(O)c1. The number of rotatable bonds is 4. The Kier molecular flexibility index (Phi) is 4.45. The van der Waals surface area contributed by atoms with Crippen molar-refractivity contribution in [2.45, 2.75) is 20.1 Å². The molecule has 0 radical (unpaired) electrons. The second-order valence-corrected chi connectivity index (χ2v) is 5.24. The van der Waals surface area contributed by atoms with Crippen molar-refractivity contribution in [1.82, 2.24) is 0 Å². The summed E-state index contributed by atoms with van der Waals surface area (Å²) >= 11 is 3.39. The standard InChI is InChI=1S/C15H15BrO3/c1-10-5-13(16)7-12(8-17)15(10)19-9-11-3-2-4-14(18)6-11/h2-7,17-18H,8-9H2,1H3. The average Bonchev–Trinajstić information content (AvgIpc) is 2.37. The summed E-state index contributed by atoms with van der Waals surface area (Å²) in [6.07, 6.45) is 0. The topological polar surface area (TPSA) is 49.7 Å². The molecule has 3 nitrogen and oxygen atoms in total. The zero-order valence-electron chi connectivity index (χ0n) is 10.6. The molecular formula is C15H15BrO3. The monoisotopic (exact) mass is 322 g/mol. The number of phenols is 1.